The van der Waals surface area contributed by atoms with E-state index in [0.717, 1.165) is 5.56 Å². The van der Waals surface area contributed by atoms with Crippen LogP contribution >= 0.6 is 0 Å². The van der Waals surface area contributed by atoms with Crippen molar-refractivity contribution in [3.63, 3.8) is 0 Å². The molecule has 1 heterocycles. The van der Waals surface area contributed by atoms with E-state index < -0.39 is 4.92 Å². The molecule has 0 atom stereocenters. The number of nitrogens with two attached hydrogens (primary N) is 2. The van der Waals surface area contributed by atoms with E-state index in [4.69, 9.17) is 16.3 Å². The maximum Gasteiger partial charge on any atom is 0.311 e. The lowest BCUT2D eigenvalue weighted by Crippen LogP contribution is -2.10. The van der Waals surface area contributed by atoms with Gasteiger partial charge in [-0.25, -0.2) is 5.84 Å². The second kappa shape index (κ2) is 6.01. The van der Waals surface area contributed by atoms with Gasteiger partial charge in [-0.05, 0) is 18.1 Å². The molecule has 2 aromatic rings. The van der Waals surface area contributed by atoms with Crippen molar-refractivity contribution < 1.29 is 9.66 Å². The van der Waals surface area contributed by atoms with Crippen molar-refractivity contribution >= 4 is 17.5 Å². The zero-order valence-electron chi connectivity index (χ0n) is 11.2. The number of aryl methyl sites for hydroxylation is 1. The van der Waals surface area contributed by atoms with Gasteiger partial charge in [-0.3, -0.25) is 10.1 Å². The fraction of sp³-hybridized carbons (Fsp3) is 0.167. The number of nitrogens with one attached hydrogen (secondary N) is 1. The van der Waals surface area contributed by atoms with E-state index in [9.17, 15) is 10.1 Å². The standard InChI is InChI=1S/C12H14N6O3/c1-2-7-3-4-9(8(5-7)18(19)20)21-11-6-10(17-14)15-12(13)16-11/h3-6H,2,14H2,1H3,(H3,13,15,16,17). The number of aromatic nitrogens is 2. The molecule has 0 saturated carbocycles. The van der Waals surface area contributed by atoms with Crippen LogP contribution in [0.1, 0.15) is 12.5 Å². The second-order valence-corrected chi connectivity index (χ2v) is 4.11. The molecule has 1 aromatic carbocycles. The van der Waals surface area contributed by atoms with E-state index in [2.05, 4.69) is 15.4 Å². The van der Waals surface area contributed by atoms with Crippen molar-refractivity contribution in [2.75, 3.05) is 11.2 Å². The molecule has 0 radical (unpaired) electrons. The van der Waals surface area contributed by atoms with Crippen LogP contribution in [0.4, 0.5) is 17.5 Å². The first-order valence-electron chi connectivity index (χ1n) is 6.09. The highest BCUT2D eigenvalue weighted by Crippen LogP contribution is 2.32. The number of ether oxygens (including phenoxy) is 1. The Labute approximate surface area is 120 Å². The minimum atomic E-state index is -0.513. The van der Waals surface area contributed by atoms with Gasteiger partial charge in [-0.15, -0.1) is 0 Å². The molecule has 0 aliphatic carbocycles. The second-order valence-electron chi connectivity index (χ2n) is 4.11. The summed E-state index contributed by atoms with van der Waals surface area (Å²) in [7, 11) is 0. The highest BCUT2D eigenvalue weighted by atomic mass is 16.6. The van der Waals surface area contributed by atoms with Crippen molar-refractivity contribution in [2.45, 2.75) is 13.3 Å². The van der Waals surface area contributed by atoms with E-state index in [-0.39, 0.29) is 29.1 Å². The van der Waals surface area contributed by atoms with Gasteiger partial charge in [0.2, 0.25) is 17.6 Å². The average Bonchev–Trinajstić information content (AvgIpc) is 2.46. The zero-order valence-corrected chi connectivity index (χ0v) is 11.2. The topological polar surface area (TPSA) is 142 Å². The van der Waals surface area contributed by atoms with E-state index in [1.807, 2.05) is 6.92 Å². The molecule has 9 nitrogen and oxygen atoms in total. The normalized spacial score (nSPS) is 10.2. The highest BCUT2D eigenvalue weighted by molar-refractivity contribution is 5.51. The van der Waals surface area contributed by atoms with Gasteiger partial charge in [-0.1, -0.05) is 13.0 Å². The third-order valence-corrected chi connectivity index (χ3v) is 2.71. The number of nitro benzene ring substituents is 1. The Kier molecular flexibility index (Phi) is 4.14. The maximum absolute atomic E-state index is 11.1. The summed E-state index contributed by atoms with van der Waals surface area (Å²) in [6.45, 7) is 1.91. The number of hydrogen-bond donors (Lipinski definition) is 3. The molecule has 9 heteroatoms. The first-order valence-corrected chi connectivity index (χ1v) is 6.09. The van der Waals surface area contributed by atoms with Crippen molar-refractivity contribution in [2.24, 2.45) is 5.84 Å². The molecule has 1 aromatic heterocycles. The summed E-state index contributed by atoms with van der Waals surface area (Å²) in [5, 5.41) is 11.1. The van der Waals surface area contributed by atoms with Gasteiger partial charge in [0.25, 0.3) is 0 Å². The van der Waals surface area contributed by atoms with Crippen LogP contribution in [0.25, 0.3) is 0 Å². The molecule has 0 fully saturated rings. The fourth-order valence-electron chi connectivity index (χ4n) is 1.69. The molecule has 0 spiro atoms. The highest BCUT2D eigenvalue weighted by Gasteiger charge is 2.17. The first-order chi connectivity index (χ1) is 10.0. The Bertz CT molecular complexity index is 676. The minimum Gasteiger partial charge on any atom is -0.432 e. The summed E-state index contributed by atoms with van der Waals surface area (Å²) in [4.78, 5) is 18.2. The van der Waals surface area contributed by atoms with Crippen LogP contribution in [-0.4, -0.2) is 14.9 Å². The number of rotatable bonds is 5. The fourth-order valence-corrected chi connectivity index (χ4v) is 1.69. The number of benzene rings is 1. The van der Waals surface area contributed by atoms with E-state index in [1.54, 1.807) is 6.07 Å². The van der Waals surface area contributed by atoms with Crippen LogP contribution in [0.15, 0.2) is 24.3 Å². The first kappa shape index (κ1) is 14.5. The molecule has 0 aliphatic rings. The SMILES string of the molecule is CCc1ccc(Oc2cc(NN)nc(N)n2)c([N+](=O)[O-])c1. The average molecular weight is 290 g/mol. The number of hydrogen-bond acceptors (Lipinski definition) is 8. The lowest BCUT2D eigenvalue weighted by Gasteiger charge is -2.08. The van der Waals surface area contributed by atoms with E-state index >= 15 is 0 Å². The van der Waals surface area contributed by atoms with Crippen LogP contribution < -0.4 is 21.7 Å². The molecule has 0 aliphatic heterocycles. The molecular formula is C12H14N6O3. The van der Waals surface area contributed by atoms with Gasteiger partial charge >= 0.3 is 5.69 Å². The number of nitrogens with zero attached hydrogens (tertiary/aromatic N) is 3. The number of nitrogen functional groups attached to an aromatic ring is 2. The quantitative estimate of drug-likeness (QED) is 0.428. The third-order valence-electron chi connectivity index (χ3n) is 2.71. The third kappa shape index (κ3) is 3.34. The molecule has 0 unspecified atom stereocenters. The Morgan fingerprint density at radius 3 is 2.76 bits per heavy atom. The van der Waals surface area contributed by atoms with Gasteiger partial charge < -0.3 is 15.9 Å². The number of nitro groups is 1. The molecular weight excluding hydrogens is 276 g/mol. The monoisotopic (exact) mass is 290 g/mol. The van der Waals surface area contributed by atoms with Crippen LogP contribution in [0.3, 0.4) is 0 Å². The number of anilines is 2. The van der Waals surface area contributed by atoms with E-state index in [1.165, 1.54) is 18.2 Å². The smallest absolute Gasteiger partial charge is 0.311 e. The van der Waals surface area contributed by atoms with Crippen LogP contribution in [0.2, 0.25) is 0 Å². The molecule has 0 amide bonds. The predicted molar refractivity (Wildman–Crippen MR) is 76.8 cm³/mol. The van der Waals surface area contributed by atoms with Crippen LogP contribution in [-0.2, 0) is 6.42 Å². The van der Waals surface area contributed by atoms with Gasteiger partial charge in [0.05, 0.1) is 4.92 Å². The van der Waals surface area contributed by atoms with Crippen molar-refractivity contribution in [3.8, 4) is 11.6 Å². The maximum atomic E-state index is 11.1. The van der Waals surface area contributed by atoms with Gasteiger partial charge in [0, 0.05) is 12.1 Å². The van der Waals surface area contributed by atoms with Crippen molar-refractivity contribution in [1.29, 1.82) is 0 Å². The molecule has 0 saturated heterocycles. The number of hydrazine groups is 1. The summed E-state index contributed by atoms with van der Waals surface area (Å²) in [6, 6.07) is 6.11. The molecule has 5 N–H and O–H groups in total. The zero-order chi connectivity index (χ0) is 15.4. The van der Waals surface area contributed by atoms with Gasteiger partial charge in [0.1, 0.15) is 5.82 Å². The molecule has 0 bridgehead atoms. The Balaban J connectivity index is 2.39. The van der Waals surface area contributed by atoms with Crippen LogP contribution in [0.5, 0.6) is 11.6 Å². The lowest BCUT2D eigenvalue weighted by molar-refractivity contribution is -0.385. The Morgan fingerprint density at radius 2 is 2.14 bits per heavy atom. The summed E-state index contributed by atoms with van der Waals surface area (Å²) < 4.78 is 5.43. The van der Waals surface area contributed by atoms with E-state index in [0.29, 0.717) is 6.42 Å². The lowest BCUT2D eigenvalue weighted by atomic mass is 10.1. The predicted octanol–water partition coefficient (Wildman–Crippen LogP) is 1.61. The summed E-state index contributed by atoms with van der Waals surface area (Å²) >= 11 is 0. The summed E-state index contributed by atoms with van der Waals surface area (Å²) in [6.07, 6.45) is 0.683. The molecule has 110 valence electrons. The molecule has 2 rings (SSSR count). The van der Waals surface area contributed by atoms with Gasteiger partial charge in [-0.2, -0.15) is 9.97 Å². The van der Waals surface area contributed by atoms with Crippen molar-refractivity contribution in [1.82, 2.24) is 9.97 Å². The van der Waals surface area contributed by atoms with Crippen LogP contribution in [0, 0.1) is 10.1 Å². The Hall–Kier alpha value is -2.94. The minimum absolute atomic E-state index is 0.0581. The molecule has 21 heavy (non-hydrogen) atoms. The Morgan fingerprint density at radius 1 is 1.38 bits per heavy atom. The van der Waals surface area contributed by atoms with Gasteiger partial charge in [0.15, 0.2) is 0 Å². The van der Waals surface area contributed by atoms with Crippen molar-refractivity contribution in [3.05, 3.63) is 39.9 Å². The summed E-state index contributed by atoms with van der Waals surface area (Å²) in [5.74, 6) is 5.54. The summed E-state index contributed by atoms with van der Waals surface area (Å²) in [5.41, 5.74) is 8.49. The largest absolute Gasteiger partial charge is 0.432 e.